The molecule has 0 bridgehead atoms. The lowest BCUT2D eigenvalue weighted by atomic mass is 10.0. The smallest absolute Gasteiger partial charge is 0.411 e. The van der Waals surface area contributed by atoms with Crippen molar-refractivity contribution in [2.24, 2.45) is 23.7 Å². The number of carbonyl (C=O) groups excluding carboxylic acids is 3. The normalized spacial score (nSPS) is 28.5. The molecular formula is C101H124F4N16O6. The van der Waals surface area contributed by atoms with E-state index in [1.165, 1.54) is 31.4 Å². The van der Waals surface area contributed by atoms with Crippen LogP contribution in [0.4, 0.5) is 54.7 Å². The molecule has 127 heavy (non-hydrogen) atoms. The number of fused-ring (bicyclic) bond motifs is 8. The Morgan fingerprint density at radius 3 is 0.953 bits per heavy atom. The number of hydrogen-bond donors (Lipinski definition) is 5. The van der Waals surface area contributed by atoms with E-state index >= 15 is 17.6 Å². The van der Waals surface area contributed by atoms with Gasteiger partial charge < -0.3 is 59.1 Å². The lowest BCUT2D eigenvalue weighted by Gasteiger charge is -2.35. The molecule has 22 nitrogen and oxygen atoms in total. The molecule has 6 aromatic carbocycles. The Balaban J connectivity index is 0.000000156. The standard InChI is InChI=1S/C53H66F2N8O4.C48H58F2N8O2/c1-52(2,3)66-50(64)62-41-14-10-12-30(41)26-45(62)48-56-37-18-16-32(24-39(37)58-48)43-20-21-44(61(43)34-28-35(54)47(36(55)29-34)60-22-8-7-9-23-60)33-17-19-38-40(25-33)59-49(57-38)46-27-31-13-11-15-42(31)63(46)51(65)67-53(4,5)6;1-48(2,3)60-47(59)58-40-12-8-10-28(40)24-43(58)46-53-36-16-14-30(23-38(36)55-46)42-18-17-41(57(42)31-25-32(49)44(33(50)26-31)56-19-5-4-6-20-56)29-13-15-35-37(22-29)54-45(52-35)39-21-27-9-7-11-34(27)51-39/h16-19,24-25,28-31,41-46H,7-15,20-23,26-27H2,1-6H3,(H,56,58)(H,57,59);13-16,22-23,25-28,34,39-43,51H,4-12,17-21,24H2,1-3H3,(H,52,54)(H,53,55)/t30-,31-,41-,42-,43+,44+,45-,46?;27-,28-,34-,39?,40-,41+,42+,43-/m00/s1. The molecule has 26 heteroatoms. The van der Waals surface area contributed by atoms with E-state index in [-0.39, 0.29) is 96.1 Å². The molecule has 0 radical (unpaired) electrons. The summed E-state index contributed by atoms with van der Waals surface area (Å²) in [6.07, 6.45) is 25.1. The van der Waals surface area contributed by atoms with Crippen LogP contribution in [0.2, 0.25) is 0 Å². The highest BCUT2D eigenvalue weighted by molar-refractivity contribution is 5.82. The third-order valence-corrected chi connectivity index (χ3v) is 30.6. The topological polar surface area (TPSA) is 228 Å². The zero-order valence-electron chi connectivity index (χ0n) is 75.1. The van der Waals surface area contributed by atoms with Crippen LogP contribution in [0.25, 0.3) is 44.1 Å². The number of aromatic nitrogens is 8. The number of rotatable bonds is 12. The number of nitrogens with zero attached hydrogens (tertiary/aromatic N) is 11. The number of piperidine rings is 2. The van der Waals surface area contributed by atoms with Crippen LogP contribution in [0.1, 0.15) is 323 Å². The average molecular weight is 1730 g/mol. The molecule has 12 heterocycles. The van der Waals surface area contributed by atoms with Crippen molar-refractivity contribution >= 4 is 85.2 Å². The van der Waals surface area contributed by atoms with Gasteiger partial charge in [0.2, 0.25) is 0 Å². The van der Waals surface area contributed by atoms with Gasteiger partial charge in [-0.15, -0.1) is 0 Å². The molecule has 2 unspecified atom stereocenters. The molecule has 22 rings (SSSR count). The molecule has 16 atom stereocenters. The second-order valence-electron chi connectivity index (χ2n) is 42.2. The minimum atomic E-state index is -0.612. The van der Waals surface area contributed by atoms with Crippen molar-refractivity contribution in [1.29, 1.82) is 0 Å². The number of amides is 3. The van der Waals surface area contributed by atoms with E-state index in [0.717, 1.165) is 243 Å². The molecule has 4 aromatic heterocycles. The minimum absolute atomic E-state index is 0.0570. The Morgan fingerprint density at radius 2 is 0.638 bits per heavy atom. The SMILES string of the molecule is CC(C)(C)OC(=O)N1C(c2nc3ccc([C@H]4CC[C@H](c5ccc6nc([C@@H]7C[C@@H]8CCC[C@@H]8N7C(=O)OC(C)(C)C)[nH]c6c5)N4c4cc(F)c(N5CCCCC5)c(F)c4)cc3[nH]2)C[C@@H]2CCC[C@@H]21.CC(C)(C)OC(=O)N1[C@H](c2nc3ccc([C@H]4CC[C@H](c5ccc6nc(C7C[C@@H]8CCC[C@@H]8N7)[nH]c6c5)N4c4cc(F)c(N5CCCCC5)c(F)c4)cc3[nH]2)C[C@@H]2CCC[C@@H]21. The van der Waals surface area contributed by atoms with Crippen LogP contribution < -0.4 is 24.9 Å². The number of aromatic amines is 4. The maximum atomic E-state index is 16.4. The molecule has 4 aliphatic carbocycles. The number of benzene rings is 6. The highest BCUT2D eigenvalue weighted by atomic mass is 19.1. The first kappa shape index (κ1) is 83.8. The summed E-state index contributed by atoms with van der Waals surface area (Å²) in [5, 5.41) is 3.84. The summed E-state index contributed by atoms with van der Waals surface area (Å²) >= 11 is 0. The molecule has 8 saturated heterocycles. The van der Waals surface area contributed by atoms with Gasteiger partial charge in [-0.25, -0.2) is 51.9 Å². The van der Waals surface area contributed by atoms with Gasteiger partial charge in [-0.3, -0.25) is 14.7 Å². The first-order valence-corrected chi connectivity index (χ1v) is 47.9. The minimum Gasteiger partial charge on any atom is -0.444 e. The molecule has 4 saturated carbocycles. The molecule has 5 N–H and O–H groups in total. The summed E-state index contributed by atoms with van der Waals surface area (Å²) in [5.41, 5.74) is 10.5. The Kier molecular flexibility index (Phi) is 21.7. The van der Waals surface area contributed by atoms with E-state index in [2.05, 4.69) is 89.6 Å². The second kappa shape index (κ2) is 32.8. The van der Waals surface area contributed by atoms with Gasteiger partial charge in [0.15, 0.2) is 23.3 Å². The third kappa shape index (κ3) is 16.0. The van der Waals surface area contributed by atoms with Crippen molar-refractivity contribution in [3.05, 3.63) is 166 Å². The Morgan fingerprint density at radius 1 is 0.339 bits per heavy atom. The number of nitrogens with one attached hydrogen (secondary N) is 5. The van der Waals surface area contributed by atoms with Crippen LogP contribution in [0.3, 0.4) is 0 Å². The van der Waals surface area contributed by atoms with Crippen LogP contribution >= 0.6 is 0 Å². The van der Waals surface area contributed by atoms with Gasteiger partial charge in [0, 0.05) is 61.7 Å². The molecule has 3 amide bonds. The molecule has 0 spiro atoms. The highest BCUT2D eigenvalue weighted by Gasteiger charge is 2.53. The first-order valence-electron chi connectivity index (χ1n) is 47.9. The Hall–Kier alpha value is -10.1. The summed E-state index contributed by atoms with van der Waals surface area (Å²) < 4.78 is 83.3. The van der Waals surface area contributed by atoms with Crippen LogP contribution in [-0.4, -0.2) is 140 Å². The molecule has 8 aliphatic heterocycles. The van der Waals surface area contributed by atoms with Gasteiger partial charge >= 0.3 is 18.3 Å². The van der Waals surface area contributed by atoms with E-state index < -0.39 is 40.1 Å². The quantitative estimate of drug-likeness (QED) is 0.0566. The fraction of sp³-hybridized carbons (Fsp3) is 0.574. The number of likely N-dealkylation sites (tertiary alicyclic amines) is 3. The number of halogens is 4. The monoisotopic (exact) mass is 1730 g/mol. The van der Waals surface area contributed by atoms with Gasteiger partial charge in [0.25, 0.3) is 0 Å². The number of H-pyrrole nitrogens is 4. The maximum absolute atomic E-state index is 16.4. The Labute approximate surface area is 741 Å². The summed E-state index contributed by atoms with van der Waals surface area (Å²) in [6, 6.07) is 31.4. The van der Waals surface area contributed by atoms with Crippen LogP contribution in [0.5, 0.6) is 0 Å². The van der Waals surface area contributed by atoms with Crippen molar-refractivity contribution in [2.75, 3.05) is 45.8 Å². The molecule has 12 aliphatic rings. The summed E-state index contributed by atoms with van der Waals surface area (Å²) in [7, 11) is 0. The van der Waals surface area contributed by atoms with E-state index in [1.54, 1.807) is 12.1 Å². The lowest BCUT2D eigenvalue weighted by Crippen LogP contribution is -2.41. The summed E-state index contributed by atoms with van der Waals surface area (Å²) in [5.74, 6) is 3.17. The lowest BCUT2D eigenvalue weighted by molar-refractivity contribution is 0.0120. The van der Waals surface area contributed by atoms with Gasteiger partial charge in [0.05, 0.1) is 92.5 Å². The number of imidazole rings is 4. The van der Waals surface area contributed by atoms with Crippen LogP contribution in [-0.2, 0) is 14.2 Å². The fourth-order valence-corrected chi connectivity index (χ4v) is 25.2. The number of hydrogen-bond acceptors (Lipinski definition) is 15. The highest BCUT2D eigenvalue weighted by Crippen LogP contribution is 2.56. The summed E-state index contributed by atoms with van der Waals surface area (Å²) in [4.78, 5) is 90.0. The largest absolute Gasteiger partial charge is 0.444 e. The maximum Gasteiger partial charge on any atom is 0.411 e. The molecule has 12 fully saturated rings. The van der Waals surface area contributed by atoms with Crippen molar-refractivity contribution in [2.45, 2.75) is 319 Å². The average Bonchev–Trinajstić information content (AvgIpc) is 1.62. The van der Waals surface area contributed by atoms with Crippen molar-refractivity contribution in [3.63, 3.8) is 0 Å². The van der Waals surface area contributed by atoms with Gasteiger partial charge in [-0.05, 0) is 322 Å². The number of carbonyl (C=O) groups is 3. The van der Waals surface area contributed by atoms with E-state index in [9.17, 15) is 14.4 Å². The predicted molar refractivity (Wildman–Crippen MR) is 485 cm³/mol. The Bertz CT molecular complexity index is 5630. The first-order chi connectivity index (χ1) is 61.1. The zero-order chi connectivity index (χ0) is 87.4. The molecular weight excluding hydrogens is 1610 g/mol. The van der Waals surface area contributed by atoms with Gasteiger partial charge in [-0.1, -0.05) is 49.9 Å². The predicted octanol–water partition coefficient (Wildman–Crippen LogP) is 23.3. The van der Waals surface area contributed by atoms with Crippen molar-refractivity contribution in [1.82, 2.24) is 59.9 Å². The zero-order valence-corrected chi connectivity index (χ0v) is 75.1. The molecule has 672 valence electrons. The van der Waals surface area contributed by atoms with Crippen molar-refractivity contribution in [3.8, 4) is 0 Å². The van der Waals surface area contributed by atoms with Crippen LogP contribution in [0.15, 0.2) is 97.1 Å². The van der Waals surface area contributed by atoms with Gasteiger partial charge in [0.1, 0.15) is 51.5 Å². The summed E-state index contributed by atoms with van der Waals surface area (Å²) in [6.45, 7) is 19.8. The fourth-order valence-electron chi connectivity index (χ4n) is 25.2. The van der Waals surface area contributed by atoms with E-state index in [1.807, 2.05) is 105 Å². The second-order valence-corrected chi connectivity index (χ2v) is 42.2. The number of ether oxygens (including phenoxy) is 3. The molecule has 10 aromatic rings. The van der Waals surface area contributed by atoms with Crippen molar-refractivity contribution < 1.29 is 46.2 Å². The van der Waals surface area contributed by atoms with E-state index in [4.69, 9.17) is 34.1 Å². The number of anilines is 4. The third-order valence-electron chi connectivity index (χ3n) is 30.6. The van der Waals surface area contributed by atoms with E-state index in [0.29, 0.717) is 61.3 Å². The van der Waals surface area contributed by atoms with Crippen LogP contribution in [0, 0.1) is 46.9 Å². The van der Waals surface area contributed by atoms with Gasteiger partial charge in [-0.2, -0.15) is 0 Å².